The lowest BCUT2D eigenvalue weighted by molar-refractivity contribution is -0.137. The van der Waals surface area contributed by atoms with Crippen LogP contribution >= 0.6 is 23.1 Å². The number of carbonyl (C=O) groups excluding carboxylic acids is 1. The average molecular weight is 522 g/mol. The Labute approximate surface area is 199 Å². The van der Waals surface area contributed by atoms with E-state index in [1.165, 1.54) is 6.20 Å². The molecule has 0 aliphatic carbocycles. The Morgan fingerprint density at radius 2 is 1.94 bits per heavy atom. The Morgan fingerprint density at radius 3 is 2.53 bits per heavy atom. The number of alkyl halides is 4. The maximum Gasteiger partial charge on any atom is 0.418 e. The van der Waals surface area contributed by atoms with Crippen LogP contribution in [0.3, 0.4) is 0 Å². The lowest BCUT2D eigenvalue weighted by Gasteiger charge is -2.16. The Morgan fingerprint density at radius 1 is 1.26 bits per heavy atom. The Kier molecular flexibility index (Phi) is 7.89. The molecule has 1 amide bonds. The summed E-state index contributed by atoms with van der Waals surface area (Å²) in [6, 6.07) is 2.93. The van der Waals surface area contributed by atoms with Crippen LogP contribution in [-0.4, -0.2) is 34.3 Å². The smallest absolute Gasteiger partial charge is 0.418 e. The third-order valence-electron chi connectivity index (χ3n) is 4.56. The predicted octanol–water partition coefficient (Wildman–Crippen LogP) is 4.53. The van der Waals surface area contributed by atoms with E-state index in [1.54, 1.807) is 0 Å². The second-order valence-electron chi connectivity index (χ2n) is 6.96. The van der Waals surface area contributed by atoms with E-state index in [4.69, 9.17) is 27.8 Å². The van der Waals surface area contributed by atoms with Gasteiger partial charge in [-0.15, -0.1) is 11.6 Å². The highest BCUT2D eigenvalue weighted by Crippen LogP contribution is 2.40. The number of pyridine rings is 1. The monoisotopic (exact) mass is 521 g/mol. The van der Waals surface area contributed by atoms with Crippen molar-refractivity contribution in [1.82, 2.24) is 9.36 Å². The SMILES string of the molecule is NCC(CCl)COc1sncc1NC(=O)c1nc(-c2c(F)cccc2F)c(C(F)(F)F)cc1N. The molecule has 3 rings (SSSR count). The average Bonchev–Trinajstić information content (AvgIpc) is 3.21. The van der Waals surface area contributed by atoms with Gasteiger partial charge in [-0.3, -0.25) is 4.79 Å². The summed E-state index contributed by atoms with van der Waals surface area (Å²) in [5, 5.41) is 2.57. The quantitative estimate of drug-likeness (QED) is 0.296. The summed E-state index contributed by atoms with van der Waals surface area (Å²) in [6.07, 6.45) is -3.81. The number of carbonyl (C=O) groups is 1. The number of rotatable bonds is 8. The first kappa shape index (κ1) is 25.6. The first-order chi connectivity index (χ1) is 16.1. The first-order valence-electron chi connectivity index (χ1n) is 9.53. The first-order valence-corrected chi connectivity index (χ1v) is 10.8. The summed E-state index contributed by atoms with van der Waals surface area (Å²) in [5.74, 6) is -3.56. The molecule has 0 radical (unpaired) electrons. The molecular weight excluding hydrogens is 505 g/mol. The Balaban J connectivity index is 1.99. The molecule has 182 valence electrons. The standard InChI is InChI=1S/C20H17ClF5N5O2S/c21-5-9(6-27)8-33-19-14(7-29-34-19)30-18(32)17-13(28)4-10(20(24,25)26)16(31-17)15-11(22)2-1-3-12(15)23/h1-4,7,9H,5-6,8,27-28H2,(H,30,32). The Bertz CT molecular complexity index is 1170. The van der Waals surface area contributed by atoms with Crippen LogP contribution in [0.4, 0.5) is 33.3 Å². The molecule has 34 heavy (non-hydrogen) atoms. The second-order valence-corrected chi connectivity index (χ2v) is 8.04. The molecule has 0 bridgehead atoms. The molecule has 14 heteroatoms. The molecule has 0 saturated carbocycles. The van der Waals surface area contributed by atoms with Crippen molar-refractivity contribution in [3.05, 3.63) is 53.4 Å². The molecule has 3 aromatic rings. The fourth-order valence-corrected chi connectivity index (χ4v) is 3.60. The number of ether oxygens (including phenoxy) is 1. The molecular formula is C20H17ClF5N5O2S. The van der Waals surface area contributed by atoms with E-state index in [-0.39, 0.29) is 35.7 Å². The van der Waals surface area contributed by atoms with Crippen molar-refractivity contribution in [2.45, 2.75) is 6.18 Å². The minimum Gasteiger partial charge on any atom is -0.481 e. The second kappa shape index (κ2) is 10.5. The molecule has 5 N–H and O–H groups in total. The van der Waals surface area contributed by atoms with Crippen molar-refractivity contribution in [1.29, 1.82) is 0 Å². The third-order valence-corrected chi connectivity index (χ3v) is 5.71. The van der Waals surface area contributed by atoms with Crippen LogP contribution in [-0.2, 0) is 6.18 Å². The van der Waals surface area contributed by atoms with E-state index >= 15 is 0 Å². The summed E-state index contributed by atoms with van der Waals surface area (Å²) in [7, 11) is 0. The van der Waals surface area contributed by atoms with Crippen LogP contribution in [0.5, 0.6) is 5.06 Å². The predicted molar refractivity (Wildman–Crippen MR) is 118 cm³/mol. The van der Waals surface area contributed by atoms with Gasteiger partial charge in [0, 0.05) is 23.3 Å². The molecule has 7 nitrogen and oxygen atoms in total. The van der Waals surface area contributed by atoms with Gasteiger partial charge in [0.2, 0.25) is 5.06 Å². The summed E-state index contributed by atoms with van der Waals surface area (Å²) < 4.78 is 78.8. The number of aromatic nitrogens is 2. The van der Waals surface area contributed by atoms with Crippen LogP contribution in [0.1, 0.15) is 16.1 Å². The topological polar surface area (TPSA) is 116 Å². The zero-order chi connectivity index (χ0) is 25.0. The number of benzene rings is 1. The lowest BCUT2D eigenvalue weighted by Crippen LogP contribution is -2.23. The van der Waals surface area contributed by atoms with Gasteiger partial charge < -0.3 is 21.5 Å². The van der Waals surface area contributed by atoms with Gasteiger partial charge in [-0.05, 0) is 24.7 Å². The van der Waals surface area contributed by atoms with Crippen LogP contribution in [0.25, 0.3) is 11.3 Å². The van der Waals surface area contributed by atoms with Gasteiger partial charge in [0.25, 0.3) is 5.91 Å². The molecule has 0 aliphatic heterocycles. The van der Waals surface area contributed by atoms with Crippen molar-refractivity contribution in [3.63, 3.8) is 0 Å². The summed E-state index contributed by atoms with van der Waals surface area (Å²) >= 11 is 6.66. The molecule has 2 heterocycles. The van der Waals surface area contributed by atoms with E-state index in [1.807, 2.05) is 0 Å². The zero-order valence-electron chi connectivity index (χ0n) is 17.1. The maximum atomic E-state index is 14.3. The maximum absolute atomic E-state index is 14.3. The molecule has 0 fully saturated rings. The van der Waals surface area contributed by atoms with Gasteiger partial charge in [0.15, 0.2) is 5.69 Å². The molecule has 1 unspecified atom stereocenters. The lowest BCUT2D eigenvalue weighted by atomic mass is 10.0. The molecule has 1 aromatic carbocycles. The highest BCUT2D eigenvalue weighted by Gasteiger charge is 2.37. The third kappa shape index (κ3) is 5.54. The molecule has 2 aromatic heterocycles. The van der Waals surface area contributed by atoms with Gasteiger partial charge in [-0.25, -0.2) is 13.8 Å². The van der Waals surface area contributed by atoms with E-state index in [2.05, 4.69) is 14.7 Å². The molecule has 1 atom stereocenters. The van der Waals surface area contributed by atoms with E-state index < -0.39 is 51.9 Å². The number of anilines is 2. The number of nitrogens with one attached hydrogen (secondary N) is 1. The fourth-order valence-electron chi connectivity index (χ4n) is 2.81. The molecule has 0 spiro atoms. The van der Waals surface area contributed by atoms with Crippen molar-refractivity contribution in [2.24, 2.45) is 11.7 Å². The number of halogens is 6. The normalized spacial score (nSPS) is 12.4. The highest BCUT2D eigenvalue weighted by molar-refractivity contribution is 7.08. The van der Waals surface area contributed by atoms with E-state index in [0.29, 0.717) is 6.07 Å². The number of nitrogen functional groups attached to an aromatic ring is 1. The van der Waals surface area contributed by atoms with Gasteiger partial charge in [-0.2, -0.15) is 17.5 Å². The van der Waals surface area contributed by atoms with Crippen LogP contribution < -0.4 is 21.5 Å². The van der Waals surface area contributed by atoms with Crippen molar-refractivity contribution >= 4 is 40.4 Å². The highest BCUT2D eigenvalue weighted by atomic mass is 35.5. The number of amides is 1. The minimum atomic E-state index is -5.06. The largest absolute Gasteiger partial charge is 0.481 e. The number of hydrogen-bond acceptors (Lipinski definition) is 7. The summed E-state index contributed by atoms with van der Waals surface area (Å²) in [4.78, 5) is 16.4. The minimum absolute atomic E-state index is 0.0834. The zero-order valence-corrected chi connectivity index (χ0v) is 18.7. The summed E-state index contributed by atoms with van der Waals surface area (Å²) in [5.41, 5.74) is 6.32. The van der Waals surface area contributed by atoms with Gasteiger partial charge in [0.1, 0.15) is 17.3 Å². The number of nitrogens with zero attached hydrogens (tertiary/aromatic N) is 2. The van der Waals surface area contributed by atoms with Gasteiger partial charge in [-0.1, -0.05) is 6.07 Å². The number of hydrogen-bond donors (Lipinski definition) is 3. The van der Waals surface area contributed by atoms with Crippen molar-refractivity contribution < 1.29 is 31.5 Å². The van der Waals surface area contributed by atoms with E-state index in [0.717, 1.165) is 29.7 Å². The molecule has 0 aliphatic rings. The fraction of sp³-hybridized carbons (Fsp3) is 0.250. The van der Waals surface area contributed by atoms with Crippen LogP contribution in [0.2, 0.25) is 0 Å². The van der Waals surface area contributed by atoms with Gasteiger partial charge >= 0.3 is 6.18 Å². The summed E-state index contributed by atoms with van der Waals surface area (Å²) in [6.45, 7) is 0.383. The Hall–Kier alpha value is -3.03. The number of nitrogens with two attached hydrogens (primary N) is 2. The van der Waals surface area contributed by atoms with Crippen LogP contribution in [0, 0.1) is 17.6 Å². The van der Waals surface area contributed by atoms with E-state index in [9.17, 15) is 26.7 Å². The van der Waals surface area contributed by atoms with Gasteiger partial charge in [0.05, 0.1) is 35.3 Å². The molecule has 0 saturated heterocycles. The van der Waals surface area contributed by atoms with Crippen LogP contribution in [0.15, 0.2) is 30.5 Å². The van der Waals surface area contributed by atoms with Crippen molar-refractivity contribution in [2.75, 3.05) is 30.1 Å². The van der Waals surface area contributed by atoms with Crippen molar-refractivity contribution in [3.8, 4) is 16.3 Å².